The Morgan fingerprint density at radius 2 is 2.05 bits per heavy atom. The minimum absolute atomic E-state index is 0. The second-order valence-corrected chi connectivity index (χ2v) is 6.31. The summed E-state index contributed by atoms with van der Waals surface area (Å²) < 4.78 is 13.6. The summed E-state index contributed by atoms with van der Waals surface area (Å²) in [5.41, 5.74) is 6.53. The molecule has 1 atom stereocenters. The summed E-state index contributed by atoms with van der Waals surface area (Å²) in [4.78, 5) is 11.9. The highest BCUT2D eigenvalue weighted by Crippen LogP contribution is 2.39. The average molecular weight is 329 g/mol. The number of carbonyl (C=O) groups is 1. The SMILES string of the molecule is CC(N)CC(=O)NCC1(c2cccc(F)c2)CCCCC1.Cl. The van der Waals surface area contributed by atoms with Crippen LogP contribution in [-0.2, 0) is 10.2 Å². The summed E-state index contributed by atoms with van der Waals surface area (Å²) in [6.45, 7) is 2.39. The molecule has 3 N–H and O–H groups in total. The molecule has 22 heavy (non-hydrogen) atoms. The maximum atomic E-state index is 13.6. The van der Waals surface area contributed by atoms with Crippen molar-refractivity contribution in [2.75, 3.05) is 6.54 Å². The monoisotopic (exact) mass is 328 g/mol. The number of hydrogen-bond donors (Lipinski definition) is 2. The number of carbonyl (C=O) groups excluding carboxylic acids is 1. The molecule has 1 unspecified atom stereocenters. The molecule has 1 aromatic carbocycles. The van der Waals surface area contributed by atoms with E-state index in [9.17, 15) is 9.18 Å². The Kier molecular flexibility index (Phi) is 7.30. The van der Waals surface area contributed by atoms with E-state index in [1.807, 2.05) is 13.0 Å². The van der Waals surface area contributed by atoms with Gasteiger partial charge in [0.25, 0.3) is 0 Å². The van der Waals surface area contributed by atoms with E-state index >= 15 is 0 Å². The topological polar surface area (TPSA) is 55.1 Å². The lowest BCUT2D eigenvalue weighted by atomic mass is 9.69. The highest BCUT2D eigenvalue weighted by molar-refractivity contribution is 5.85. The first-order valence-corrected chi connectivity index (χ1v) is 7.80. The van der Waals surface area contributed by atoms with Gasteiger partial charge in [-0.3, -0.25) is 4.79 Å². The van der Waals surface area contributed by atoms with E-state index in [0.29, 0.717) is 13.0 Å². The molecule has 0 saturated heterocycles. The fourth-order valence-corrected chi connectivity index (χ4v) is 3.25. The summed E-state index contributed by atoms with van der Waals surface area (Å²) >= 11 is 0. The predicted octanol–water partition coefficient (Wildman–Crippen LogP) is 3.30. The van der Waals surface area contributed by atoms with Crippen molar-refractivity contribution in [3.63, 3.8) is 0 Å². The van der Waals surface area contributed by atoms with Crippen LogP contribution >= 0.6 is 12.4 Å². The average Bonchev–Trinajstić information content (AvgIpc) is 2.45. The Hall–Kier alpha value is -1.13. The normalized spacial score (nSPS) is 18.1. The molecule has 0 heterocycles. The van der Waals surface area contributed by atoms with Gasteiger partial charge in [0, 0.05) is 24.4 Å². The second-order valence-electron chi connectivity index (χ2n) is 6.31. The van der Waals surface area contributed by atoms with Crippen molar-refractivity contribution in [3.8, 4) is 0 Å². The molecule has 1 aliphatic rings. The maximum absolute atomic E-state index is 13.6. The van der Waals surface area contributed by atoms with Crippen LogP contribution in [0.4, 0.5) is 4.39 Å². The van der Waals surface area contributed by atoms with Gasteiger partial charge in [0.15, 0.2) is 0 Å². The van der Waals surface area contributed by atoms with Gasteiger partial charge in [0.05, 0.1) is 0 Å². The largest absolute Gasteiger partial charge is 0.355 e. The van der Waals surface area contributed by atoms with Crippen LogP contribution in [0.15, 0.2) is 24.3 Å². The second kappa shape index (κ2) is 8.49. The van der Waals surface area contributed by atoms with Gasteiger partial charge in [-0.25, -0.2) is 4.39 Å². The molecule has 1 aromatic rings. The van der Waals surface area contributed by atoms with E-state index in [1.54, 1.807) is 12.1 Å². The zero-order valence-corrected chi connectivity index (χ0v) is 13.9. The number of nitrogens with two attached hydrogens (primary N) is 1. The van der Waals surface area contributed by atoms with Crippen molar-refractivity contribution in [2.45, 2.75) is 56.9 Å². The molecule has 0 spiro atoms. The minimum Gasteiger partial charge on any atom is -0.355 e. The molecule has 0 aromatic heterocycles. The van der Waals surface area contributed by atoms with Crippen LogP contribution in [-0.4, -0.2) is 18.5 Å². The number of halogens is 2. The zero-order chi connectivity index (χ0) is 15.3. The number of amides is 1. The lowest BCUT2D eigenvalue weighted by Crippen LogP contribution is -2.43. The number of nitrogens with one attached hydrogen (secondary N) is 1. The minimum atomic E-state index is -0.209. The lowest BCUT2D eigenvalue weighted by Gasteiger charge is -2.38. The third-order valence-corrected chi connectivity index (χ3v) is 4.38. The van der Waals surface area contributed by atoms with Crippen LogP contribution < -0.4 is 11.1 Å². The number of hydrogen-bond acceptors (Lipinski definition) is 2. The van der Waals surface area contributed by atoms with E-state index in [1.165, 1.54) is 12.5 Å². The molecule has 1 amide bonds. The Morgan fingerprint density at radius 1 is 1.36 bits per heavy atom. The molecule has 0 bridgehead atoms. The van der Waals surface area contributed by atoms with Crippen LogP contribution in [0.5, 0.6) is 0 Å². The third kappa shape index (κ3) is 4.96. The zero-order valence-electron chi connectivity index (χ0n) is 13.1. The van der Waals surface area contributed by atoms with Crippen molar-refractivity contribution < 1.29 is 9.18 Å². The Bertz CT molecular complexity index is 487. The van der Waals surface area contributed by atoms with Gasteiger partial charge >= 0.3 is 0 Å². The van der Waals surface area contributed by atoms with Crippen LogP contribution in [0.2, 0.25) is 0 Å². The first-order chi connectivity index (χ1) is 10.0. The fraction of sp³-hybridized carbons (Fsp3) is 0.588. The molecule has 5 heteroatoms. The maximum Gasteiger partial charge on any atom is 0.221 e. The number of benzene rings is 1. The van der Waals surface area contributed by atoms with Gasteiger partial charge in [-0.15, -0.1) is 12.4 Å². The van der Waals surface area contributed by atoms with Gasteiger partial charge in [0.1, 0.15) is 5.82 Å². The van der Waals surface area contributed by atoms with Gasteiger partial charge in [-0.1, -0.05) is 31.4 Å². The first-order valence-electron chi connectivity index (χ1n) is 7.80. The highest BCUT2D eigenvalue weighted by atomic mass is 35.5. The van der Waals surface area contributed by atoms with Gasteiger partial charge < -0.3 is 11.1 Å². The summed E-state index contributed by atoms with van der Waals surface area (Å²) in [5.74, 6) is -0.231. The summed E-state index contributed by atoms with van der Waals surface area (Å²) in [5, 5.41) is 3.00. The van der Waals surface area contributed by atoms with Crippen LogP contribution in [0, 0.1) is 5.82 Å². The molecule has 0 aliphatic heterocycles. The van der Waals surface area contributed by atoms with Crippen LogP contribution in [0.25, 0.3) is 0 Å². The lowest BCUT2D eigenvalue weighted by molar-refractivity contribution is -0.121. The van der Waals surface area contributed by atoms with Crippen LogP contribution in [0.3, 0.4) is 0 Å². The van der Waals surface area contributed by atoms with E-state index < -0.39 is 0 Å². The van der Waals surface area contributed by atoms with Crippen molar-refractivity contribution in [1.82, 2.24) is 5.32 Å². The molecular weight excluding hydrogens is 303 g/mol. The third-order valence-electron chi connectivity index (χ3n) is 4.38. The Labute approximate surface area is 138 Å². The quantitative estimate of drug-likeness (QED) is 0.871. The molecule has 124 valence electrons. The fourth-order valence-electron chi connectivity index (χ4n) is 3.25. The Balaban J connectivity index is 0.00000242. The highest BCUT2D eigenvalue weighted by Gasteiger charge is 2.34. The summed E-state index contributed by atoms with van der Waals surface area (Å²) in [7, 11) is 0. The van der Waals surface area contributed by atoms with E-state index in [2.05, 4.69) is 5.32 Å². The summed E-state index contributed by atoms with van der Waals surface area (Å²) in [6.07, 6.45) is 5.78. The molecule has 1 fully saturated rings. The van der Waals surface area contributed by atoms with Crippen molar-refractivity contribution in [1.29, 1.82) is 0 Å². The van der Waals surface area contributed by atoms with Gasteiger partial charge in [-0.2, -0.15) is 0 Å². The molecule has 3 nitrogen and oxygen atoms in total. The van der Waals surface area contributed by atoms with Crippen molar-refractivity contribution in [2.24, 2.45) is 5.73 Å². The van der Waals surface area contributed by atoms with Crippen molar-refractivity contribution >= 4 is 18.3 Å². The van der Waals surface area contributed by atoms with Crippen LogP contribution in [0.1, 0.15) is 51.0 Å². The van der Waals surface area contributed by atoms with E-state index in [4.69, 9.17) is 5.73 Å². The van der Waals surface area contributed by atoms with E-state index in [-0.39, 0.29) is 35.6 Å². The molecule has 1 aliphatic carbocycles. The smallest absolute Gasteiger partial charge is 0.221 e. The summed E-state index contributed by atoms with van der Waals surface area (Å²) in [6, 6.07) is 6.68. The Morgan fingerprint density at radius 3 is 2.64 bits per heavy atom. The van der Waals surface area contributed by atoms with Crippen molar-refractivity contribution in [3.05, 3.63) is 35.6 Å². The van der Waals surface area contributed by atoms with E-state index in [0.717, 1.165) is 31.2 Å². The number of rotatable bonds is 5. The first kappa shape index (κ1) is 18.9. The predicted molar refractivity (Wildman–Crippen MR) is 89.7 cm³/mol. The molecule has 1 saturated carbocycles. The molecule has 0 radical (unpaired) electrons. The van der Waals surface area contributed by atoms with Gasteiger partial charge in [0.2, 0.25) is 5.91 Å². The molecule has 2 rings (SSSR count). The molecular formula is C17H26ClFN2O. The van der Waals surface area contributed by atoms with Gasteiger partial charge in [-0.05, 0) is 37.5 Å². The standard InChI is InChI=1S/C17H25FN2O.ClH/c1-13(19)10-16(21)20-12-17(8-3-2-4-9-17)14-6-5-7-15(18)11-14;/h5-7,11,13H,2-4,8-10,12,19H2,1H3,(H,20,21);1H.